The molecule has 5 heteroatoms. The molecule has 2 rings (SSSR count). The molecule has 2 heterocycles. The van der Waals surface area contributed by atoms with Gasteiger partial charge in [0.15, 0.2) is 0 Å². The Morgan fingerprint density at radius 3 is 2.73 bits per heavy atom. The zero-order chi connectivity index (χ0) is 11.0. The standard InChI is InChI=1S/C10H17ClN4/c1-3-15-9(10(11)7(2)13-15)6-14-4-8(12)5-14/h8H,3-6,12H2,1-2H3. The van der Waals surface area contributed by atoms with Crippen LogP contribution in [0.3, 0.4) is 0 Å². The molecule has 0 saturated carbocycles. The zero-order valence-electron chi connectivity index (χ0n) is 9.20. The summed E-state index contributed by atoms with van der Waals surface area (Å²) in [6.07, 6.45) is 0. The maximum atomic E-state index is 6.21. The predicted octanol–water partition coefficient (Wildman–Crippen LogP) is 1.01. The van der Waals surface area contributed by atoms with Crippen molar-refractivity contribution in [2.45, 2.75) is 33.0 Å². The van der Waals surface area contributed by atoms with E-state index in [0.29, 0.717) is 6.04 Å². The third-order valence-electron chi connectivity index (χ3n) is 2.81. The summed E-state index contributed by atoms with van der Waals surface area (Å²) in [6.45, 7) is 7.67. The van der Waals surface area contributed by atoms with Crippen molar-refractivity contribution in [3.8, 4) is 0 Å². The van der Waals surface area contributed by atoms with E-state index in [4.69, 9.17) is 17.3 Å². The molecular weight excluding hydrogens is 212 g/mol. The molecule has 1 aromatic heterocycles. The van der Waals surface area contributed by atoms with Crippen molar-refractivity contribution in [1.82, 2.24) is 14.7 Å². The fourth-order valence-electron chi connectivity index (χ4n) is 1.97. The van der Waals surface area contributed by atoms with E-state index in [1.54, 1.807) is 0 Å². The number of halogens is 1. The first-order valence-corrected chi connectivity index (χ1v) is 5.69. The highest BCUT2D eigenvalue weighted by molar-refractivity contribution is 6.31. The molecule has 15 heavy (non-hydrogen) atoms. The molecule has 84 valence electrons. The first-order chi connectivity index (χ1) is 7.11. The molecule has 2 N–H and O–H groups in total. The fourth-order valence-corrected chi connectivity index (χ4v) is 2.17. The van der Waals surface area contributed by atoms with Gasteiger partial charge in [0, 0.05) is 32.2 Å². The fraction of sp³-hybridized carbons (Fsp3) is 0.700. The van der Waals surface area contributed by atoms with Crippen LogP contribution < -0.4 is 5.73 Å². The van der Waals surface area contributed by atoms with E-state index in [-0.39, 0.29) is 0 Å². The van der Waals surface area contributed by atoms with E-state index in [9.17, 15) is 0 Å². The maximum absolute atomic E-state index is 6.21. The van der Waals surface area contributed by atoms with Crippen LogP contribution in [0.2, 0.25) is 5.02 Å². The molecular formula is C10H17ClN4. The van der Waals surface area contributed by atoms with E-state index in [0.717, 1.165) is 42.6 Å². The molecule has 0 aromatic carbocycles. The number of nitrogens with zero attached hydrogens (tertiary/aromatic N) is 3. The maximum Gasteiger partial charge on any atom is 0.0860 e. The summed E-state index contributed by atoms with van der Waals surface area (Å²) in [5.74, 6) is 0. The predicted molar refractivity (Wildman–Crippen MR) is 60.9 cm³/mol. The van der Waals surface area contributed by atoms with E-state index >= 15 is 0 Å². The van der Waals surface area contributed by atoms with Crippen LogP contribution in [0.5, 0.6) is 0 Å². The summed E-state index contributed by atoms with van der Waals surface area (Å²) < 4.78 is 1.97. The molecule has 0 amide bonds. The van der Waals surface area contributed by atoms with Gasteiger partial charge in [0.1, 0.15) is 0 Å². The Morgan fingerprint density at radius 2 is 2.20 bits per heavy atom. The molecule has 0 bridgehead atoms. The lowest BCUT2D eigenvalue weighted by molar-refractivity contribution is 0.138. The molecule has 0 radical (unpaired) electrons. The van der Waals surface area contributed by atoms with Gasteiger partial charge in [-0.05, 0) is 13.8 Å². The van der Waals surface area contributed by atoms with Gasteiger partial charge in [-0.15, -0.1) is 0 Å². The number of likely N-dealkylation sites (tertiary alicyclic amines) is 1. The summed E-state index contributed by atoms with van der Waals surface area (Å²) in [4.78, 5) is 2.29. The Bertz CT molecular complexity index is 355. The third-order valence-corrected chi connectivity index (χ3v) is 3.30. The number of nitrogens with two attached hydrogens (primary N) is 1. The largest absolute Gasteiger partial charge is 0.325 e. The van der Waals surface area contributed by atoms with Gasteiger partial charge in [-0.25, -0.2) is 0 Å². The minimum Gasteiger partial charge on any atom is -0.325 e. The third kappa shape index (κ3) is 2.02. The van der Waals surface area contributed by atoms with E-state index < -0.39 is 0 Å². The monoisotopic (exact) mass is 228 g/mol. The van der Waals surface area contributed by atoms with Crippen LogP contribution in [0, 0.1) is 6.92 Å². The Balaban J connectivity index is 2.12. The van der Waals surface area contributed by atoms with Gasteiger partial charge in [0.25, 0.3) is 0 Å². The van der Waals surface area contributed by atoms with Gasteiger partial charge in [-0.1, -0.05) is 11.6 Å². The van der Waals surface area contributed by atoms with Crippen molar-refractivity contribution in [2.75, 3.05) is 13.1 Å². The van der Waals surface area contributed by atoms with Gasteiger partial charge in [0.2, 0.25) is 0 Å². The van der Waals surface area contributed by atoms with Gasteiger partial charge < -0.3 is 5.73 Å². The highest BCUT2D eigenvalue weighted by Crippen LogP contribution is 2.23. The highest BCUT2D eigenvalue weighted by Gasteiger charge is 2.25. The number of rotatable bonds is 3. The summed E-state index contributed by atoms with van der Waals surface area (Å²) in [5.41, 5.74) is 7.77. The average molecular weight is 229 g/mol. The Hall–Kier alpha value is -0.580. The van der Waals surface area contributed by atoms with Crippen molar-refractivity contribution in [3.05, 3.63) is 16.4 Å². The molecule has 1 aliphatic heterocycles. The minimum atomic E-state index is 0.336. The lowest BCUT2D eigenvalue weighted by Crippen LogP contribution is -2.55. The Kier molecular flexibility index (Phi) is 3.00. The van der Waals surface area contributed by atoms with Crippen LogP contribution in [-0.2, 0) is 13.1 Å². The van der Waals surface area contributed by atoms with Crippen molar-refractivity contribution in [3.63, 3.8) is 0 Å². The van der Waals surface area contributed by atoms with E-state index in [1.165, 1.54) is 0 Å². The van der Waals surface area contributed by atoms with Gasteiger partial charge in [-0.3, -0.25) is 9.58 Å². The number of aromatic nitrogens is 2. The molecule has 1 aliphatic rings. The van der Waals surface area contributed by atoms with Gasteiger partial charge in [0.05, 0.1) is 16.4 Å². The molecule has 4 nitrogen and oxygen atoms in total. The van der Waals surface area contributed by atoms with Crippen LogP contribution in [0.1, 0.15) is 18.3 Å². The van der Waals surface area contributed by atoms with Gasteiger partial charge in [-0.2, -0.15) is 5.10 Å². The molecule has 1 saturated heterocycles. The van der Waals surface area contributed by atoms with Crippen LogP contribution in [0.4, 0.5) is 0 Å². The molecule has 1 fully saturated rings. The van der Waals surface area contributed by atoms with Crippen LogP contribution in [0.15, 0.2) is 0 Å². The van der Waals surface area contributed by atoms with Crippen molar-refractivity contribution >= 4 is 11.6 Å². The second kappa shape index (κ2) is 4.12. The quantitative estimate of drug-likeness (QED) is 0.840. The van der Waals surface area contributed by atoms with Crippen molar-refractivity contribution in [1.29, 1.82) is 0 Å². The number of hydrogen-bond acceptors (Lipinski definition) is 3. The second-order valence-electron chi connectivity index (χ2n) is 4.12. The Labute approximate surface area is 95.0 Å². The lowest BCUT2D eigenvalue weighted by atomic mass is 10.1. The second-order valence-corrected chi connectivity index (χ2v) is 4.49. The first-order valence-electron chi connectivity index (χ1n) is 5.31. The zero-order valence-corrected chi connectivity index (χ0v) is 9.96. The van der Waals surface area contributed by atoms with Crippen LogP contribution in [-0.4, -0.2) is 33.8 Å². The average Bonchev–Trinajstić information content (AvgIpc) is 2.43. The summed E-state index contributed by atoms with van der Waals surface area (Å²) in [7, 11) is 0. The molecule has 0 aliphatic carbocycles. The molecule has 0 spiro atoms. The number of hydrogen-bond donors (Lipinski definition) is 1. The molecule has 0 unspecified atom stereocenters. The van der Waals surface area contributed by atoms with E-state index in [2.05, 4.69) is 16.9 Å². The minimum absolute atomic E-state index is 0.336. The van der Waals surface area contributed by atoms with Crippen LogP contribution >= 0.6 is 11.6 Å². The van der Waals surface area contributed by atoms with E-state index in [1.807, 2.05) is 11.6 Å². The normalized spacial score (nSPS) is 18.1. The number of aryl methyl sites for hydroxylation is 2. The SMILES string of the molecule is CCn1nc(C)c(Cl)c1CN1CC(N)C1. The first kappa shape index (κ1) is 10.9. The topological polar surface area (TPSA) is 47.1 Å². The summed E-state index contributed by atoms with van der Waals surface area (Å²) >= 11 is 6.21. The van der Waals surface area contributed by atoms with Crippen molar-refractivity contribution < 1.29 is 0 Å². The molecule has 1 aromatic rings. The summed E-state index contributed by atoms with van der Waals surface area (Å²) in [5, 5.41) is 5.19. The lowest BCUT2D eigenvalue weighted by Gasteiger charge is -2.36. The highest BCUT2D eigenvalue weighted by atomic mass is 35.5. The van der Waals surface area contributed by atoms with Gasteiger partial charge >= 0.3 is 0 Å². The summed E-state index contributed by atoms with van der Waals surface area (Å²) in [6, 6.07) is 0.336. The van der Waals surface area contributed by atoms with Crippen LogP contribution in [0.25, 0.3) is 0 Å². The molecule has 0 atom stereocenters. The smallest absolute Gasteiger partial charge is 0.0860 e. The Morgan fingerprint density at radius 1 is 1.53 bits per heavy atom. The van der Waals surface area contributed by atoms with Crippen molar-refractivity contribution in [2.24, 2.45) is 5.73 Å².